The van der Waals surface area contributed by atoms with Crippen molar-refractivity contribution >= 4 is 0 Å². The maximum Gasteiger partial charge on any atom is -0.0317 e. The summed E-state index contributed by atoms with van der Waals surface area (Å²) in [5.41, 5.74) is 1.57. The molecule has 0 radical (unpaired) electrons. The van der Waals surface area contributed by atoms with Gasteiger partial charge in [0.25, 0.3) is 0 Å². The number of hydrogen-bond acceptors (Lipinski definition) is 0. The maximum atomic E-state index is 2.25. The smallest absolute Gasteiger partial charge is 0.0317 e. The zero-order valence-corrected chi connectivity index (χ0v) is 8.06. The van der Waals surface area contributed by atoms with Gasteiger partial charge in [-0.3, -0.25) is 0 Å². The lowest BCUT2D eigenvalue weighted by Crippen LogP contribution is -1.80. The molecule has 0 unspecified atom stereocenters. The molecule has 0 aliphatic rings. The van der Waals surface area contributed by atoms with Crippen molar-refractivity contribution in [3.8, 4) is 0 Å². The molecule has 11 heavy (non-hydrogen) atoms. The lowest BCUT2D eigenvalue weighted by molar-refractivity contribution is 0.766. The molecule has 0 heterocycles. The standard InChI is InChI=1S/C11H20/c1-4-7-9-11(6-3)10-8-5-2/h4,7,9H,5-6,8,10H2,1-3H3/b7-4-,11-9+. The van der Waals surface area contributed by atoms with Crippen LogP contribution in [0, 0.1) is 0 Å². The summed E-state index contributed by atoms with van der Waals surface area (Å²) in [7, 11) is 0. The van der Waals surface area contributed by atoms with Crippen molar-refractivity contribution < 1.29 is 0 Å². The molecular weight excluding hydrogens is 132 g/mol. The Bertz CT molecular complexity index is 129. The summed E-state index contributed by atoms with van der Waals surface area (Å²) in [6, 6.07) is 0. The summed E-state index contributed by atoms with van der Waals surface area (Å²) in [4.78, 5) is 0. The van der Waals surface area contributed by atoms with Gasteiger partial charge in [0.1, 0.15) is 0 Å². The van der Waals surface area contributed by atoms with E-state index in [9.17, 15) is 0 Å². The monoisotopic (exact) mass is 152 g/mol. The lowest BCUT2D eigenvalue weighted by Gasteiger charge is -2.00. The van der Waals surface area contributed by atoms with Crippen molar-refractivity contribution in [1.29, 1.82) is 0 Å². The first-order chi connectivity index (χ1) is 5.35. The molecule has 0 aromatic carbocycles. The van der Waals surface area contributed by atoms with Crippen LogP contribution in [0.1, 0.15) is 46.5 Å². The predicted octanol–water partition coefficient (Wildman–Crippen LogP) is 4.09. The second-order valence-electron chi connectivity index (χ2n) is 2.81. The van der Waals surface area contributed by atoms with Gasteiger partial charge in [0.2, 0.25) is 0 Å². The van der Waals surface area contributed by atoms with Crippen LogP contribution in [0.3, 0.4) is 0 Å². The normalized spacial score (nSPS) is 12.8. The second kappa shape index (κ2) is 7.59. The van der Waals surface area contributed by atoms with E-state index in [-0.39, 0.29) is 0 Å². The molecule has 0 saturated heterocycles. The molecule has 64 valence electrons. The summed E-state index contributed by atoms with van der Waals surface area (Å²) >= 11 is 0. The van der Waals surface area contributed by atoms with E-state index in [1.807, 2.05) is 0 Å². The van der Waals surface area contributed by atoms with Gasteiger partial charge in [-0.1, -0.05) is 44.1 Å². The molecular formula is C11H20. The van der Waals surface area contributed by atoms with Crippen LogP contribution in [0.2, 0.25) is 0 Å². The van der Waals surface area contributed by atoms with Gasteiger partial charge in [-0.05, 0) is 26.2 Å². The minimum atomic E-state index is 1.20. The molecule has 0 aromatic heterocycles. The van der Waals surface area contributed by atoms with Crippen LogP contribution < -0.4 is 0 Å². The zero-order valence-electron chi connectivity index (χ0n) is 8.06. The van der Waals surface area contributed by atoms with Gasteiger partial charge in [-0.25, -0.2) is 0 Å². The maximum absolute atomic E-state index is 2.25. The molecule has 0 atom stereocenters. The Hall–Kier alpha value is -0.520. The summed E-state index contributed by atoms with van der Waals surface area (Å²) < 4.78 is 0. The third kappa shape index (κ3) is 5.90. The van der Waals surface area contributed by atoms with E-state index in [2.05, 4.69) is 39.0 Å². The molecule has 0 fully saturated rings. The number of unbranched alkanes of at least 4 members (excludes halogenated alkanes) is 1. The highest BCUT2D eigenvalue weighted by Crippen LogP contribution is 2.10. The molecule has 0 aliphatic carbocycles. The van der Waals surface area contributed by atoms with Gasteiger partial charge in [0, 0.05) is 0 Å². The quantitative estimate of drug-likeness (QED) is 0.520. The molecule has 0 aromatic rings. The Morgan fingerprint density at radius 1 is 1.27 bits per heavy atom. The SMILES string of the molecule is C/C=C\C=C(/CC)CCCC. The lowest BCUT2D eigenvalue weighted by atomic mass is 10.1. The summed E-state index contributed by atoms with van der Waals surface area (Å²) in [5.74, 6) is 0. The molecule has 0 N–H and O–H groups in total. The Morgan fingerprint density at radius 2 is 2.00 bits per heavy atom. The summed E-state index contributed by atoms with van der Waals surface area (Å²) in [6.07, 6.45) is 11.6. The molecule has 0 heteroatoms. The summed E-state index contributed by atoms with van der Waals surface area (Å²) in [6.45, 7) is 6.53. The van der Waals surface area contributed by atoms with E-state index in [0.717, 1.165) is 0 Å². The third-order valence-electron chi connectivity index (χ3n) is 1.83. The van der Waals surface area contributed by atoms with Crippen molar-refractivity contribution in [2.24, 2.45) is 0 Å². The highest BCUT2D eigenvalue weighted by Gasteiger charge is 1.90. The Morgan fingerprint density at radius 3 is 2.45 bits per heavy atom. The Labute approximate surface area is 71.0 Å². The van der Waals surface area contributed by atoms with Crippen molar-refractivity contribution in [3.05, 3.63) is 23.8 Å². The Balaban J connectivity index is 3.73. The van der Waals surface area contributed by atoms with Crippen molar-refractivity contribution in [2.45, 2.75) is 46.5 Å². The van der Waals surface area contributed by atoms with Crippen LogP contribution in [0.5, 0.6) is 0 Å². The van der Waals surface area contributed by atoms with Crippen LogP contribution in [-0.2, 0) is 0 Å². The first-order valence-corrected chi connectivity index (χ1v) is 4.65. The number of allylic oxidation sites excluding steroid dienone is 4. The molecule has 0 rings (SSSR count). The van der Waals surface area contributed by atoms with Crippen LogP contribution in [0.25, 0.3) is 0 Å². The average Bonchev–Trinajstić information content (AvgIpc) is 2.05. The Kier molecular flexibility index (Phi) is 7.23. The minimum Gasteiger partial charge on any atom is -0.0877 e. The van der Waals surface area contributed by atoms with Crippen LogP contribution in [0.15, 0.2) is 23.8 Å². The van der Waals surface area contributed by atoms with Gasteiger partial charge >= 0.3 is 0 Å². The topological polar surface area (TPSA) is 0 Å². The molecule has 0 bridgehead atoms. The summed E-state index contributed by atoms with van der Waals surface area (Å²) in [5, 5.41) is 0. The van der Waals surface area contributed by atoms with Crippen LogP contribution in [0.4, 0.5) is 0 Å². The molecule has 0 aliphatic heterocycles. The molecule has 0 nitrogen and oxygen atoms in total. The van der Waals surface area contributed by atoms with Gasteiger partial charge in [-0.2, -0.15) is 0 Å². The van der Waals surface area contributed by atoms with Gasteiger partial charge in [0.05, 0.1) is 0 Å². The van der Waals surface area contributed by atoms with E-state index in [0.29, 0.717) is 0 Å². The number of hydrogen-bond donors (Lipinski definition) is 0. The molecule has 0 spiro atoms. The zero-order chi connectivity index (χ0) is 8.53. The second-order valence-corrected chi connectivity index (χ2v) is 2.81. The fraction of sp³-hybridized carbons (Fsp3) is 0.636. The predicted molar refractivity (Wildman–Crippen MR) is 52.7 cm³/mol. The highest BCUT2D eigenvalue weighted by atomic mass is 14.0. The molecule has 0 amide bonds. The van der Waals surface area contributed by atoms with Crippen LogP contribution in [-0.4, -0.2) is 0 Å². The largest absolute Gasteiger partial charge is 0.0877 e. The third-order valence-corrected chi connectivity index (χ3v) is 1.83. The van der Waals surface area contributed by atoms with Gasteiger partial charge in [-0.15, -0.1) is 0 Å². The molecule has 0 saturated carbocycles. The fourth-order valence-corrected chi connectivity index (χ4v) is 1.01. The van der Waals surface area contributed by atoms with Gasteiger partial charge < -0.3 is 0 Å². The minimum absolute atomic E-state index is 1.20. The van der Waals surface area contributed by atoms with E-state index >= 15 is 0 Å². The van der Waals surface area contributed by atoms with E-state index in [1.54, 1.807) is 5.57 Å². The fourth-order valence-electron chi connectivity index (χ4n) is 1.01. The number of rotatable bonds is 5. The first kappa shape index (κ1) is 10.5. The van der Waals surface area contributed by atoms with E-state index < -0.39 is 0 Å². The van der Waals surface area contributed by atoms with E-state index in [4.69, 9.17) is 0 Å². The van der Waals surface area contributed by atoms with Crippen molar-refractivity contribution in [1.82, 2.24) is 0 Å². The average molecular weight is 152 g/mol. The first-order valence-electron chi connectivity index (χ1n) is 4.65. The van der Waals surface area contributed by atoms with Crippen molar-refractivity contribution in [2.75, 3.05) is 0 Å². The van der Waals surface area contributed by atoms with Crippen LogP contribution >= 0.6 is 0 Å². The van der Waals surface area contributed by atoms with E-state index in [1.165, 1.54) is 25.7 Å². The van der Waals surface area contributed by atoms with Crippen molar-refractivity contribution in [3.63, 3.8) is 0 Å². The highest BCUT2D eigenvalue weighted by molar-refractivity contribution is 5.11. The van der Waals surface area contributed by atoms with Gasteiger partial charge in [0.15, 0.2) is 0 Å².